The Morgan fingerprint density at radius 2 is 1.95 bits per heavy atom. The first-order chi connectivity index (χ1) is 9.67. The smallest absolute Gasteiger partial charge is 0.407 e. The Morgan fingerprint density at radius 1 is 1.33 bits per heavy atom. The molecule has 0 aromatic rings. The van der Waals surface area contributed by atoms with Crippen molar-refractivity contribution < 1.29 is 24.2 Å². The van der Waals surface area contributed by atoms with Crippen molar-refractivity contribution in [3.8, 4) is 0 Å². The third kappa shape index (κ3) is 7.17. The van der Waals surface area contributed by atoms with E-state index in [0.29, 0.717) is 19.6 Å². The first kappa shape index (κ1) is 17.6. The molecule has 1 aliphatic carbocycles. The van der Waals surface area contributed by atoms with Crippen molar-refractivity contribution in [1.82, 2.24) is 10.2 Å². The average molecular weight is 302 g/mol. The van der Waals surface area contributed by atoms with Crippen LogP contribution >= 0.6 is 0 Å². The van der Waals surface area contributed by atoms with Gasteiger partial charge in [0.25, 0.3) is 0 Å². The molecule has 0 unspecified atom stereocenters. The second kappa shape index (κ2) is 7.49. The highest BCUT2D eigenvalue weighted by atomic mass is 16.6. The molecule has 21 heavy (non-hydrogen) atoms. The Hall–Kier alpha value is -1.50. The maximum atomic E-state index is 11.5. The summed E-state index contributed by atoms with van der Waals surface area (Å²) in [4.78, 5) is 23.3. The molecule has 122 valence electrons. The third-order valence-corrected chi connectivity index (χ3v) is 3.13. The maximum absolute atomic E-state index is 11.5. The normalized spacial score (nSPS) is 21.3. The van der Waals surface area contributed by atoms with E-state index in [4.69, 9.17) is 14.6 Å². The number of amides is 2. The van der Waals surface area contributed by atoms with Crippen LogP contribution in [0.3, 0.4) is 0 Å². The Labute approximate surface area is 125 Å². The fourth-order valence-electron chi connectivity index (χ4n) is 1.94. The van der Waals surface area contributed by atoms with Crippen LogP contribution in [-0.4, -0.2) is 60.1 Å². The van der Waals surface area contributed by atoms with Crippen molar-refractivity contribution in [2.75, 3.05) is 20.2 Å². The summed E-state index contributed by atoms with van der Waals surface area (Å²) in [6.45, 7) is 6.47. The van der Waals surface area contributed by atoms with Crippen LogP contribution in [0.25, 0.3) is 0 Å². The van der Waals surface area contributed by atoms with E-state index < -0.39 is 17.8 Å². The molecule has 7 heteroatoms. The fraction of sp³-hybridized carbons (Fsp3) is 0.857. The lowest BCUT2D eigenvalue weighted by Crippen LogP contribution is -2.49. The zero-order valence-electron chi connectivity index (χ0n) is 13.2. The van der Waals surface area contributed by atoms with Gasteiger partial charge in [0.05, 0.1) is 6.10 Å². The lowest BCUT2D eigenvalue weighted by atomic mass is 9.89. The van der Waals surface area contributed by atoms with Crippen molar-refractivity contribution in [3.63, 3.8) is 0 Å². The molecule has 1 fully saturated rings. The molecule has 1 saturated carbocycles. The van der Waals surface area contributed by atoms with E-state index in [1.165, 1.54) is 11.9 Å². The van der Waals surface area contributed by atoms with Gasteiger partial charge in [0.1, 0.15) is 5.60 Å². The van der Waals surface area contributed by atoms with E-state index in [2.05, 4.69) is 5.32 Å². The zero-order chi connectivity index (χ0) is 16.0. The molecule has 0 aromatic heterocycles. The molecule has 0 radical (unpaired) electrons. The second-order valence-corrected chi connectivity index (χ2v) is 6.37. The maximum Gasteiger partial charge on any atom is 0.407 e. The number of ether oxygens (including phenoxy) is 2. The minimum Gasteiger partial charge on any atom is -0.465 e. The number of nitrogens with one attached hydrogen (secondary N) is 1. The van der Waals surface area contributed by atoms with Gasteiger partial charge in [-0.05, 0) is 40.0 Å². The number of rotatable bonds is 6. The summed E-state index contributed by atoms with van der Waals surface area (Å²) in [5.74, 6) is 0. The fourth-order valence-corrected chi connectivity index (χ4v) is 1.94. The Morgan fingerprint density at radius 3 is 2.48 bits per heavy atom. The molecular weight excluding hydrogens is 276 g/mol. The van der Waals surface area contributed by atoms with Gasteiger partial charge < -0.3 is 24.8 Å². The quantitative estimate of drug-likeness (QED) is 0.733. The number of hydrogen-bond donors (Lipinski definition) is 2. The van der Waals surface area contributed by atoms with E-state index in [1.54, 1.807) is 0 Å². The molecule has 0 atom stereocenters. The number of carbonyl (C=O) groups excluding carboxylic acids is 1. The summed E-state index contributed by atoms with van der Waals surface area (Å²) in [6.07, 6.45) is 1.03. The topological polar surface area (TPSA) is 88.1 Å². The van der Waals surface area contributed by atoms with Crippen molar-refractivity contribution >= 4 is 12.2 Å². The zero-order valence-corrected chi connectivity index (χ0v) is 13.2. The van der Waals surface area contributed by atoms with Crippen LogP contribution in [0.2, 0.25) is 0 Å². The number of hydrogen-bond acceptors (Lipinski definition) is 4. The second-order valence-electron chi connectivity index (χ2n) is 6.37. The largest absolute Gasteiger partial charge is 0.465 e. The van der Waals surface area contributed by atoms with Crippen molar-refractivity contribution in [3.05, 3.63) is 0 Å². The minimum absolute atomic E-state index is 0.103. The molecular formula is C14H26N2O5. The van der Waals surface area contributed by atoms with Gasteiger partial charge in [0.2, 0.25) is 0 Å². The van der Waals surface area contributed by atoms with Gasteiger partial charge in [-0.2, -0.15) is 0 Å². The number of nitrogens with zero attached hydrogens (tertiary/aromatic N) is 1. The van der Waals surface area contributed by atoms with E-state index in [1.807, 2.05) is 20.8 Å². The van der Waals surface area contributed by atoms with Gasteiger partial charge in [0, 0.05) is 26.2 Å². The highest BCUT2D eigenvalue weighted by Gasteiger charge is 2.32. The summed E-state index contributed by atoms with van der Waals surface area (Å²) in [6, 6.07) is 0.103. The molecule has 0 bridgehead atoms. The van der Waals surface area contributed by atoms with Crippen LogP contribution in [0.15, 0.2) is 0 Å². The Kier molecular flexibility index (Phi) is 6.26. The number of carboxylic acid groups (broad SMARTS) is 1. The number of alkyl carbamates (subject to hydrolysis) is 1. The SMILES string of the molecule is CN(CCCOC1CC(NC(=O)OC(C)(C)C)C1)C(=O)O. The van der Waals surface area contributed by atoms with Crippen LogP contribution in [0.1, 0.15) is 40.0 Å². The molecule has 0 spiro atoms. The third-order valence-electron chi connectivity index (χ3n) is 3.13. The van der Waals surface area contributed by atoms with E-state index in [9.17, 15) is 9.59 Å². The van der Waals surface area contributed by atoms with Crippen LogP contribution in [0, 0.1) is 0 Å². The van der Waals surface area contributed by atoms with Crippen molar-refractivity contribution in [1.29, 1.82) is 0 Å². The predicted molar refractivity (Wildman–Crippen MR) is 77.4 cm³/mol. The van der Waals surface area contributed by atoms with Gasteiger partial charge in [-0.3, -0.25) is 0 Å². The van der Waals surface area contributed by atoms with Crippen molar-refractivity contribution in [2.24, 2.45) is 0 Å². The molecule has 0 aromatic carbocycles. The Balaban J connectivity index is 2.04. The predicted octanol–water partition coefficient (Wildman–Crippen LogP) is 2.06. The summed E-state index contributed by atoms with van der Waals surface area (Å²) >= 11 is 0. The summed E-state index contributed by atoms with van der Waals surface area (Å²) < 4.78 is 10.8. The molecule has 1 aliphatic rings. The lowest BCUT2D eigenvalue weighted by Gasteiger charge is -2.36. The van der Waals surface area contributed by atoms with Gasteiger partial charge in [-0.15, -0.1) is 0 Å². The van der Waals surface area contributed by atoms with Gasteiger partial charge >= 0.3 is 12.2 Å². The van der Waals surface area contributed by atoms with Crippen molar-refractivity contribution in [2.45, 2.75) is 57.8 Å². The Bertz CT molecular complexity index is 361. The van der Waals surface area contributed by atoms with Crippen LogP contribution in [0.5, 0.6) is 0 Å². The van der Waals surface area contributed by atoms with Crippen LogP contribution in [0.4, 0.5) is 9.59 Å². The highest BCUT2D eigenvalue weighted by Crippen LogP contribution is 2.24. The summed E-state index contributed by atoms with van der Waals surface area (Å²) in [7, 11) is 1.53. The van der Waals surface area contributed by atoms with Gasteiger partial charge in [-0.1, -0.05) is 0 Å². The van der Waals surface area contributed by atoms with E-state index >= 15 is 0 Å². The van der Waals surface area contributed by atoms with E-state index in [0.717, 1.165) is 12.8 Å². The average Bonchev–Trinajstić information content (AvgIpc) is 2.27. The first-order valence-corrected chi connectivity index (χ1v) is 7.22. The molecule has 1 rings (SSSR count). The van der Waals surface area contributed by atoms with Gasteiger partial charge in [-0.25, -0.2) is 9.59 Å². The first-order valence-electron chi connectivity index (χ1n) is 7.22. The molecule has 0 saturated heterocycles. The van der Waals surface area contributed by atoms with Crippen LogP contribution in [-0.2, 0) is 9.47 Å². The molecule has 0 aliphatic heterocycles. The monoisotopic (exact) mass is 302 g/mol. The standard InChI is InChI=1S/C14H26N2O5/c1-14(2,3)21-12(17)15-10-8-11(9-10)20-7-5-6-16(4)13(18)19/h10-11H,5-9H2,1-4H3,(H,15,17)(H,18,19). The molecule has 7 nitrogen and oxygen atoms in total. The minimum atomic E-state index is -0.930. The summed E-state index contributed by atoms with van der Waals surface area (Å²) in [5.41, 5.74) is -0.486. The molecule has 2 amide bonds. The van der Waals surface area contributed by atoms with E-state index in [-0.39, 0.29) is 12.1 Å². The summed E-state index contributed by atoms with van der Waals surface area (Å²) in [5, 5.41) is 11.5. The van der Waals surface area contributed by atoms with Gasteiger partial charge in [0.15, 0.2) is 0 Å². The van der Waals surface area contributed by atoms with Crippen LogP contribution < -0.4 is 5.32 Å². The number of carbonyl (C=O) groups is 2. The molecule has 2 N–H and O–H groups in total. The lowest BCUT2D eigenvalue weighted by molar-refractivity contribution is -0.0218. The highest BCUT2D eigenvalue weighted by molar-refractivity contribution is 5.68. The molecule has 0 heterocycles.